The number of nitrogens with zero attached hydrogens (tertiary/aromatic N) is 4. The summed E-state index contributed by atoms with van der Waals surface area (Å²) in [4.78, 5) is 42.9. The van der Waals surface area contributed by atoms with Crippen molar-refractivity contribution in [3.05, 3.63) is 179 Å². The molecule has 0 unspecified atom stereocenters. The number of carbonyl (C=O) groups excluding carboxylic acids is 3. The van der Waals surface area contributed by atoms with E-state index in [4.69, 9.17) is 20.0 Å². The lowest BCUT2D eigenvalue weighted by Crippen LogP contribution is -2.42. The number of carbonyl (C=O) groups is 2. The maximum Gasteiger partial charge on any atom is 0.334 e. The molecule has 6 rings (SSSR count). The van der Waals surface area contributed by atoms with Gasteiger partial charge in [-0.1, -0.05) is 72.8 Å². The van der Waals surface area contributed by atoms with Gasteiger partial charge in [0.15, 0.2) is 0 Å². The Hall–Kier alpha value is -7.98. The second-order valence-corrected chi connectivity index (χ2v) is 12.3. The van der Waals surface area contributed by atoms with Gasteiger partial charge in [-0.3, -0.25) is 0 Å². The second-order valence-electron chi connectivity index (χ2n) is 12.3. The number of hydrogen-bond acceptors (Lipinski definition) is 8. The molecule has 0 aliphatic carbocycles. The third-order valence-corrected chi connectivity index (χ3v) is 8.52. The molecule has 4 amide bonds. The van der Waals surface area contributed by atoms with Crippen LogP contribution in [0.5, 0.6) is 11.5 Å². The summed E-state index contributed by atoms with van der Waals surface area (Å²) < 4.78 is 9.71. The highest BCUT2D eigenvalue weighted by Crippen LogP contribution is 2.24. The predicted octanol–water partition coefficient (Wildman–Crippen LogP) is 9.42. The van der Waals surface area contributed by atoms with E-state index in [1.54, 1.807) is 85.3 Å². The molecule has 0 radical (unpaired) electrons. The minimum Gasteiger partial charge on any atom is -0.388 e. The number of rotatable bonds is 12. The first-order valence-corrected chi connectivity index (χ1v) is 17.0. The van der Waals surface area contributed by atoms with Gasteiger partial charge < -0.3 is 20.1 Å². The van der Waals surface area contributed by atoms with Crippen LogP contribution < -0.4 is 25.0 Å². The van der Waals surface area contributed by atoms with Gasteiger partial charge in [0.1, 0.15) is 11.5 Å². The highest BCUT2D eigenvalue weighted by atomic mass is 16.5. The van der Waals surface area contributed by atoms with E-state index >= 15 is 0 Å². The van der Waals surface area contributed by atoms with Crippen molar-refractivity contribution in [2.45, 2.75) is 19.3 Å². The average Bonchev–Trinajstić information content (AvgIpc) is 3.20. The Morgan fingerprint density at radius 2 is 0.836 bits per heavy atom. The van der Waals surface area contributed by atoms with Crippen LogP contribution >= 0.6 is 0 Å². The zero-order valence-electron chi connectivity index (χ0n) is 29.3. The van der Waals surface area contributed by atoms with Crippen LogP contribution in [-0.2, 0) is 24.1 Å². The van der Waals surface area contributed by atoms with Crippen LogP contribution in [-0.4, -0.2) is 18.1 Å². The monoisotopic (exact) mass is 724 g/mol. The molecule has 0 saturated carbocycles. The first kappa shape index (κ1) is 36.8. The minimum atomic E-state index is -0.655. The van der Waals surface area contributed by atoms with Crippen LogP contribution in [0.15, 0.2) is 151 Å². The molecule has 0 aliphatic rings. The van der Waals surface area contributed by atoms with Gasteiger partial charge in [-0.25, -0.2) is 19.3 Å². The number of urea groups is 2. The third kappa shape index (κ3) is 10.3. The van der Waals surface area contributed by atoms with Crippen LogP contribution in [0.2, 0.25) is 0 Å². The number of amides is 4. The molecular formula is C44H32N6O5. The normalized spacial score (nSPS) is 10.1. The number of ether oxygens (including phenoxy) is 2. The maximum atomic E-state index is 13.8. The maximum absolute atomic E-state index is 13.8. The quantitative estimate of drug-likeness (QED) is 0.0723. The molecule has 11 nitrogen and oxygen atoms in total. The fourth-order valence-electron chi connectivity index (χ4n) is 5.76. The van der Waals surface area contributed by atoms with Crippen molar-refractivity contribution in [1.29, 1.82) is 10.5 Å². The number of anilines is 3. The Labute approximate surface area is 317 Å². The molecule has 11 heteroatoms. The van der Waals surface area contributed by atoms with Gasteiger partial charge in [0.05, 0.1) is 11.4 Å². The number of imide groups is 1. The highest BCUT2D eigenvalue weighted by Gasteiger charge is 2.24. The van der Waals surface area contributed by atoms with E-state index in [-0.39, 0.29) is 0 Å². The summed E-state index contributed by atoms with van der Waals surface area (Å²) in [5.74, 6) is 0.919. The smallest absolute Gasteiger partial charge is 0.334 e. The molecular weight excluding hydrogens is 693 g/mol. The Balaban J connectivity index is 1.16. The van der Waals surface area contributed by atoms with Gasteiger partial charge >= 0.3 is 12.1 Å². The van der Waals surface area contributed by atoms with Crippen LogP contribution in [0, 0.1) is 23.0 Å². The van der Waals surface area contributed by atoms with Gasteiger partial charge in [0, 0.05) is 11.4 Å². The van der Waals surface area contributed by atoms with E-state index in [0.717, 1.165) is 38.3 Å². The first-order chi connectivity index (χ1) is 26.9. The zero-order chi connectivity index (χ0) is 38.4. The predicted molar refractivity (Wildman–Crippen MR) is 208 cm³/mol. The Bertz CT molecular complexity index is 2380. The third-order valence-electron chi connectivity index (χ3n) is 8.52. The molecule has 0 atom stereocenters. The zero-order valence-corrected chi connectivity index (χ0v) is 29.3. The molecule has 6 aromatic carbocycles. The number of benzene rings is 6. The summed E-state index contributed by atoms with van der Waals surface area (Å²) in [6, 6.07) is 42.1. The van der Waals surface area contributed by atoms with Crippen LogP contribution in [0.3, 0.4) is 0 Å². The number of isocyanates is 1. The molecule has 268 valence electrons. The first-order valence-electron chi connectivity index (χ1n) is 17.0. The lowest BCUT2D eigenvalue weighted by molar-refractivity contribution is 0.246. The number of nitriles is 2. The van der Waals surface area contributed by atoms with Gasteiger partial charge in [0.25, 0.3) is 12.5 Å². The second kappa shape index (κ2) is 18.0. The molecule has 0 aromatic heterocycles. The molecule has 0 saturated heterocycles. The van der Waals surface area contributed by atoms with Crippen LogP contribution in [0.4, 0.5) is 32.3 Å². The molecule has 55 heavy (non-hydrogen) atoms. The fourth-order valence-corrected chi connectivity index (χ4v) is 5.76. The number of nitrogens with one attached hydrogen (secondary N) is 2. The molecule has 0 heterocycles. The molecule has 6 aromatic rings. The highest BCUT2D eigenvalue weighted by molar-refractivity contribution is 6.21. The topological polar surface area (TPSA) is 157 Å². The Morgan fingerprint density at radius 1 is 0.509 bits per heavy atom. The summed E-state index contributed by atoms with van der Waals surface area (Å²) >= 11 is 0. The van der Waals surface area contributed by atoms with E-state index in [2.05, 4.69) is 15.6 Å². The summed E-state index contributed by atoms with van der Waals surface area (Å²) in [7, 11) is 0. The average molecular weight is 725 g/mol. The fraction of sp³-hybridized carbons (Fsp3) is 0.0682. The van der Waals surface area contributed by atoms with Crippen molar-refractivity contribution >= 4 is 40.9 Å². The van der Waals surface area contributed by atoms with Crippen molar-refractivity contribution < 1.29 is 23.9 Å². The van der Waals surface area contributed by atoms with E-state index < -0.39 is 12.1 Å². The SMILES string of the molecule is N#COc1ccc(Cc2ccc(NC(=O)N(C(=O)Nc3ccc(Cc4ccc(N=C=O)cc4)cc3)c3ccc(Cc4ccc(OC#N)cc4)cc3)cc2)cc1. The summed E-state index contributed by atoms with van der Waals surface area (Å²) in [5, 5.41) is 23.2. The lowest BCUT2D eigenvalue weighted by atomic mass is 10.0. The number of aliphatic imine (C=N–C) groups is 1. The van der Waals surface area contributed by atoms with E-state index in [0.29, 0.717) is 53.5 Å². The van der Waals surface area contributed by atoms with E-state index in [9.17, 15) is 14.4 Å². The van der Waals surface area contributed by atoms with Crippen molar-refractivity contribution in [2.75, 3.05) is 15.5 Å². The van der Waals surface area contributed by atoms with Crippen molar-refractivity contribution in [2.24, 2.45) is 4.99 Å². The van der Waals surface area contributed by atoms with Crippen molar-refractivity contribution in [1.82, 2.24) is 0 Å². The van der Waals surface area contributed by atoms with Gasteiger partial charge in [-0.2, -0.15) is 4.99 Å². The Morgan fingerprint density at radius 3 is 1.18 bits per heavy atom. The summed E-state index contributed by atoms with van der Waals surface area (Å²) in [6.07, 6.45) is 6.68. The van der Waals surface area contributed by atoms with Gasteiger partial charge in [-0.05, 0) is 125 Å². The Kier molecular flexibility index (Phi) is 12.0. The number of hydrogen-bond donors (Lipinski definition) is 2. The summed E-state index contributed by atoms with van der Waals surface area (Å²) in [6.45, 7) is 0. The van der Waals surface area contributed by atoms with Crippen LogP contribution in [0.1, 0.15) is 33.4 Å². The largest absolute Gasteiger partial charge is 0.388 e. The molecule has 0 bridgehead atoms. The van der Waals surface area contributed by atoms with Crippen molar-refractivity contribution in [3.63, 3.8) is 0 Å². The van der Waals surface area contributed by atoms with Crippen LogP contribution in [0.25, 0.3) is 0 Å². The standard InChI is InChI=1S/C44H32N6O5/c45-28-54-41-21-9-35(10-22-41)26-33-5-17-39(18-6-33)49-44(53)50(40-19-7-34(8-20-40)27-36-11-23-42(24-12-36)55-29-46)43(52)48-38-15-3-32(4-16-38)25-31-1-13-37(14-2-31)47-30-51/h1-24H,25-27H2,(H,48,52)(H,49,53). The lowest BCUT2D eigenvalue weighted by Gasteiger charge is -2.22. The van der Waals surface area contributed by atoms with Gasteiger partial charge in [-0.15, -0.1) is 10.5 Å². The molecule has 0 spiro atoms. The van der Waals surface area contributed by atoms with Crippen molar-refractivity contribution in [3.8, 4) is 24.0 Å². The minimum absolute atomic E-state index is 0.357. The molecule has 0 aliphatic heterocycles. The molecule has 0 fully saturated rings. The van der Waals surface area contributed by atoms with Gasteiger partial charge in [0.2, 0.25) is 6.08 Å². The van der Waals surface area contributed by atoms with E-state index in [1.807, 2.05) is 72.8 Å². The molecule has 2 N–H and O–H groups in total. The summed E-state index contributed by atoms with van der Waals surface area (Å²) in [5.41, 5.74) is 7.86. The van der Waals surface area contributed by atoms with E-state index in [1.165, 1.54) is 6.08 Å².